The summed E-state index contributed by atoms with van der Waals surface area (Å²) in [4.78, 5) is 10.6. The van der Waals surface area contributed by atoms with E-state index in [9.17, 15) is 13.2 Å². The Morgan fingerprint density at radius 1 is 1.53 bits per heavy atom. The Bertz CT molecular complexity index is 540. The fraction of sp³-hybridized carbons (Fsp3) is 0.375. The molecule has 1 aromatic rings. The predicted octanol–water partition coefficient (Wildman–Crippen LogP) is 2.15. The first-order valence-electron chi connectivity index (χ1n) is 4.33. The molecule has 0 aliphatic rings. The van der Waals surface area contributed by atoms with Gasteiger partial charge in [-0.3, -0.25) is 4.79 Å². The first-order chi connectivity index (χ1) is 7.67. The number of halogens is 2. The summed E-state index contributed by atoms with van der Waals surface area (Å²) in [7, 11) is -2.77. The highest BCUT2D eigenvalue weighted by Crippen LogP contribution is 2.35. The lowest BCUT2D eigenvalue weighted by Gasteiger charge is -2.20. The fourth-order valence-electron chi connectivity index (χ4n) is 1.02. The van der Waals surface area contributed by atoms with Gasteiger partial charge in [0.25, 0.3) is 0 Å². The van der Waals surface area contributed by atoms with Gasteiger partial charge in [0, 0.05) is 7.05 Å². The highest BCUT2D eigenvalue weighted by Gasteiger charge is 2.32. The van der Waals surface area contributed by atoms with E-state index in [0.717, 1.165) is 15.6 Å². The first-order valence-corrected chi connectivity index (χ1v) is 7.35. The van der Waals surface area contributed by atoms with Gasteiger partial charge in [0.05, 0.1) is 4.34 Å². The molecule has 17 heavy (non-hydrogen) atoms. The van der Waals surface area contributed by atoms with Crippen LogP contribution in [0, 0.1) is 0 Å². The number of rotatable bonds is 4. The molecule has 0 saturated carbocycles. The van der Waals surface area contributed by atoms with Crippen LogP contribution in [0.5, 0.6) is 0 Å². The molecule has 0 aliphatic carbocycles. The zero-order valence-corrected chi connectivity index (χ0v) is 12.0. The summed E-state index contributed by atoms with van der Waals surface area (Å²) in [6, 6.07) is 0.0179. The Labute approximate surface area is 113 Å². The average molecular weight is 318 g/mol. The second kappa shape index (κ2) is 5.11. The highest BCUT2D eigenvalue weighted by molar-refractivity contribution is 7.89. The summed E-state index contributed by atoms with van der Waals surface area (Å²) in [6.45, 7) is 1.27. The van der Waals surface area contributed by atoms with E-state index in [-0.39, 0.29) is 13.6 Å². The third-order valence-electron chi connectivity index (χ3n) is 2.19. The maximum Gasteiger partial charge on any atom is 0.321 e. The molecule has 0 aliphatic heterocycles. The molecule has 5 nitrogen and oxygen atoms in total. The van der Waals surface area contributed by atoms with Crippen molar-refractivity contribution in [2.45, 2.75) is 17.9 Å². The minimum atomic E-state index is -3.95. The van der Waals surface area contributed by atoms with E-state index < -0.39 is 22.0 Å². The van der Waals surface area contributed by atoms with Crippen LogP contribution in [0.15, 0.2) is 11.0 Å². The molecule has 0 saturated heterocycles. The van der Waals surface area contributed by atoms with Gasteiger partial charge in [0.1, 0.15) is 15.3 Å². The fourth-order valence-corrected chi connectivity index (χ4v) is 4.45. The van der Waals surface area contributed by atoms with Crippen molar-refractivity contribution in [2.75, 3.05) is 7.05 Å². The minimum absolute atomic E-state index is 0.0134. The molecule has 0 radical (unpaired) electrons. The van der Waals surface area contributed by atoms with Crippen molar-refractivity contribution in [3.05, 3.63) is 14.7 Å². The molecule has 1 rings (SSSR count). The molecule has 9 heteroatoms. The lowest BCUT2D eigenvalue weighted by atomic mass is 10.4. The normalized spacial score (nSPS) is 13.9. The van der Waals surface area contributed by atoms with Crippen molar-refractivity contribution in [2.24, 2.45) is 0 Å². The van der Waals surface area contributed by atoms with Gasteiger partial charge in [0.2, 0.25) is 10.0 Å². The Kier molecular flexibility index (Phi) is 4.43. The van der Waals surface area contributed by atoms with E-state index in [0.29, 0.717) is 0 Å². The molecule has 1 unspecified atom stereocenters. The number of carboxylic acid groups (broad SMARTS) is 1. The van der Waals surface area contributed by atoms with Crippen LogP contribution in [0.3, 0.4) is 0 Å². The van der Waals surface area contributed by atoms with Gasteiger partial charge in [-0.05, 0) is 13.0 Å². The maximum atomic E-state index is 12.0. The SMILES string of the molecule is CC(C(=O)O)N(C)S(=O)(=O)c1cc(Cl)sc1Cl. The summed E-state index contributed by atoms with van der Waals surface area (Å²) in [5, 5.41) is 8.77. The summed E-state index contributed by atoms with van der Waals surface area (Å²) < 4.78 is 25.1. The van der Waals surface area contributed by atoms with Gasteiger partial charge >= 0.3 is 5.97 Å². The van der Waals surface area contributed by atoms with Gasteiger partial charge in [-0.1, -0.05) is 23.2 Å². The van der Waals surface area contributed by atoms with E-state index in [2.05, 4.69) is 0 Å². The summed E-state index contributed by atoms with van der Waals surface area (Å²) in [5.74, 6) is -1.24. The Balaban J connectivity index is 3.20. The predicted molar refractivity (Wildman–Crippen MR) is 66.4 cm³/mol. The Morgan fingerprint density at radius 2 is 2.06 bits per heavy atom. The zero-order valence-electron chi connectivity index (χ0n) is 8.85. The summed E-state index contributed by atoms with van der Waals surface area (Å²) in [5.41, 5.74) is 0. The van der Waals surface area contributed by atoms with Gasteiger partial charge in [-0.15, -0.1) is 11.3 Å². The molecule has 0 aromatic carbocycles. The average Bonchev–Trinajstić information content (AvgIpc) is 2.56. The van der Waals surface area contributed by atoms with Crippen LogP contribution in [0.25, 0.3) is 0 Å². The molecule has 0 spiro atoms. The standard InChI is InChI=1S/C8H9Cl2NO4S2/c1-4(8(12)13)11(2)17(14,15)5-3-6(9)16-7(5)10/h3-4H,1-2H3,(H,12,13). The van der Waals surface area contributed by atoms with Gasteiger partial charge in [-0.25, -0.2) is 8.42 Å². The number of hydrogen-bond donors (Lipinski definition) is 1. The van der Waals surface area contributed by atoms with E-state index in [4.69, 9.17) is 28.3 Å². The smallest absolute Gasteiger partial charge is 0.321 e. The lowest BCUT2D eigenvalue weighted by molar-refractivity contribution is -0.140. The molecule has 1 N–H and O–H groups in total. The van der Waals surface area contributed by atoms with Crippen LogP contribution in [0.4, 0.5) is 0 Å². The van der Waals surface area contributed by atoms with Crippen LogP contribution in [0.1, 0.15) is 6.92 Å². The van der Waals surface area contributed by atoms with Crippen LogP contribution in [-0.2, 0) is 14.8 Å². The second-order valence-electron chi connectivity index (χ2n) is 3.22. The number of carbonyl (C=O) groups is 1. The van der Waals surface area contributed by atoms with Crippen molar-refractivity contribution in [1.29, 1.82) is 0 Å². The van der Waals surface area contributed by atoms with Crippen molar-refractivity contribution >= 4 is 50.5 Å². The van der Waals surface area contributed by atoms with E-state index in [1.165, 1.54) is 20.0 Å². The molecular formula is C8H9Cl2NO4S2. The highest BCUT2D eigenvalue weighted by atomic mass is 35.5. The summed E-state index contributed by atoms with van der Waals surface area (Å²) in [6.07, 6.45) is 0. The minimum Gasteiger partial charge on any atom is -0.480 e. The van der Waals surface area contributed by atoms with Crippen molar-refractivity contribution < 1.29 is 18.3 Å². The van der Waals surface area contributed by atoms with Gasteiger partial charge in [-0.2, -0.15) is 4.31 Å². The van der Waals surface area contributed by atoms with Crippen molar-refractivity contribution in [1.82, 2.24) is 4.31 Å². The maximum absolute atomic E-state index is 12.0. The van der Waals surface area contributed by atoms with Crippen LogP contribution >= 0.6 is 34.5 Å². The van der Waals surface area contributed by atoms with E-state index in [1.54, 1.807) is 0 Å². The van der Waals surface area contributed by atoms with E-state index >= 15 is 0 Å². The number of sulfonamides is 1. The Morgan fingerprint density at radius 3 is 2.41 bits per heavy atom. The van der Waals surface area contributed by atoms with Crippen molar-refractivity contribution in [3.63, 3.8) is 0 Å². The molecule has 1 heterocycles. The summed E-state index contributed by atoms with van der Waals surface area (Å²) >= 11 is 12.3. The molecule has 0 bridgehead atoms. The first kappa shape index (κ1) is 14.7. The molecular weight excluding hydrogens is 309 g/mol. The lowest BCUT2D eigenvalue weighted by Crippen LogP contribution is -2.40. The van der Waals surface area contributed by atoms with Crippen LogP contribution in [0.2, 0.25) is 8.67 Å². The number of carboxylic acids is 1. The number of aliphatic carboxylic acids is 1. The second-order valence-corrected chi connectivity index (χ2v) is 7.48. The molecule has 0 fully saturated rings. The zero-order chi connectivity index (χ0) is 13.4. The number of nitrogens with zero attached hydrogens (tertiary/aromatic N) is 1. The van der Waals surface area contributed by atoms with Gasteiger partial charge < -0.3 is 5.11 Å². The molecule has 0 amide bonds. The molecule has 1 aromatic heterocycles. The number of thiophene rings is 1. The number of hydrogen-bond acceptors (Lipinski definition) is 4. The third kappa shape index (κ3) is 2.92. The van der Waals surface area contributed by atoms with E-state index in [1.807, 2.05) is 0 Å². The Hall–Kier alpha value is -0.340. The largest absolute Gasteiger partial charge is 0.480 e. The quantitative estimate of drug-likeness (QED) is 0.923. The van der Waals surface area contributed by atoms with Crippen LogP contribution < -0.4 is 0 Å². The molecule has 96 valence electrons. The van der Waals surface area contributed by atoms with Crippen molar-refractivity contribution in [3.8, 4) is 0 Å². The van der Waals surface area contributed by atoms with Crippen LogP contribution in [-0.4, -0.2) is 36.9 Å². The molecule has 1 atom stereocenters. The third-order valence-corrected chi connectivity index (χ3v) is 5.87. The monoisotopic (exact) mass is 317 g/mol. The topological polar surface area (TPSA) is 74.7 Å². The van der Waals surface area contributed by atoms with Gasteiger partial charge in [0.15, 0.2) is 0 Å². The number of likely N-dealkylation sites (N-methyl/N-ethyl adjacent to an activating group) is 1.